The first-order valence-corrected chi connectivity index (χ1v) is 9.88. The molecule has 1 aliphatic heterocycles. The smallest absolute Gasteiger partial charge is 0.338 e. The number of benzene rings is 2. The van der Waals surface area contributed by atoms with E-state index in [4.69, 9.17) is 14.2 Å². The van der Waals surface area contributed by atoms with E-state index in [2.05, 4.69) is 5.32 Å². The Kier molecular flexibility index (Phi) is 6.43. The van der Waals surface area contributed by atoms with Crippen LogP contribution in [0.1, 0.15) is 47.1 Å². The number of para-hydroxylation sites is 1. The van der Waals surface area contributed by atoms with Gasteiger partial charge in [0.2, 0.25) is 0 Å². The first kappa shape index (κ1) is 22.1. The minimum absolute atomic E-state index is 0.0112. The number of nitrogens with one attached hydrogen (secondary N) is 1. The Morgan fingerprint density at radius 2 is 1.97 bits per heavy atom. The summed E-state index contributed by atoms with van der Waals surface area (Å²) < 4.78 is 16.6. The molecule has 31 heavy (non-hydrogen) atoms. The average molecular weight is 428 g/mol. The minimum atomic E-state index is -0.732. The van der Waals surface area contributed by atoms with E-state index in [1.807, 2.05) is 26.0 Å². The predicted molar refractivity (Wildman–Crippen MR) is 112 cm³/mol. The number of nitro benzene ring substituents is 1. The van der Waals surface area contributed by atoms with Crippen LogP contribution in [-0.4, -0.2) is 42.2 Å². The molecule has 0 saturated heterocycles. The van der Waals surface area contributed by atoms with Crippen LogP contribution in [-0.2, 0) is 11.2 Å². The molecule has 0 aliphatic carbocycles. The Morgan fingerprint density at radius 3 is 2.68 bits per heavy atom. The lowest BCUT2D eigenvalue weighted by atomic mass is 10.0. The number of hydrogen-bond acceptors (Lipinski definition) is 7. The van der Waals surface area contributed by atoms with Crippen LogP contribution in [0, 0.1) is 10.1 Å². The largest absolute Gasteiger partial charge is 0.488 e. The summed E-state index contributed by atoms with van der Waals surface area (Å²) in [6.07, 6.45) is 0.784. The molecular weight excluding hydrogens is 404 g/mol. The van der Waals surface area contributed by atoms with Crippen LogP contribution in [0.5, 0.6) is 11.5 Å². The van der Waals surface area contributed by atoms with E-state index in [0.29, 0.717) is 11.5 Å². The van der Waals surface area contributed by atoms with Crippen molar-refractivity contribution < 1.29 is 28.7 Å². The van der Waals surface area contributed by atoms with Crippen LogP contribution in [0.4, 0.5) is 5.69 Å². The van der Waals surface area contributed by atoms with Gasteiger partial charge in [-0.1, -0.05) is 12.1 Å². The van der Waals surface area contributed by atoms with Crippen LogP contribution in [0.25, 0.3) is 0 Å². The third-order valence-electron chi connectivity index (χ3n) is 4.60. The van der Waals surface area contributed by atoms with Crippen LogP contribution in [0.2, 0.25) is 0 Å². The Bertz CT molecular complexity index is 1020. The highest BCUT2D eigenvalue weighted by atomic mass is 16.6. The Labute approximate surface area is 179 Å². The fourth-order valence-electron chi connectivity index (χ4n) is 3.31. The highest BCUT2D eigenvalue weighted by molar-refractivity contribution is 5.99. The predicted octanol–water partition coefficient (Wildman–Crippen LogP) is 3.29. The molecule has 3 rings (SSSR count). The number of carbonyl (C=O) groups is 2. The fraction of sp³-hybridized carbons (Fsp3) is 0.364. The quantitative estimate of drug-likeness (QED) is 0.297. The fourth-order valence-corrected chi connectivity index (χ4v) is 3.31. The molecule has 9 nitrogen and oxygen atoms in total. The van der Waals surface area contributed by atoms with Crippen molar-refractivity contribution in [3.63, 3.8) is 0 Å². The second-order valence-electron chi connectivity index (χ2n) is 7.63. The maximum absolute atomic E-state index is 12.5. The van der Waals surface area contributed by atoms with E-state index in [1.165, 1.54) is 6.07 Å². The van der Waals surface area contributed by atoms with Gasteiger partial charge in [-0.3, -0.25) is 14.9 Å². The number of ether oxygens (including phenoxy) is 3. The van der Waals surface area contributed by atoms with E-state index in [1.54, 1.807) is 13.0 Å². The summed E-state index contributed by atoms with van der Waals surface area (Å²) in [7, 11) is 0. The SMILES string of the molecule is CCOC(=O)c1cc(C(=O)NCCOc2cccc3c2OC(C)(C)C3)cc([N+](=O)[O-])c1. The van der Waals surface area contributed by atoms with Gasteiger partial charge in [-0.05, 0) is 32.9 Å². The van der Waals surface area contributed by atoms with Crippen LogP contribution in [0.3, 0.4) is 0 Å². The number of amides is 1. The van der Waals surface area contributed by atoms with Gasteiger partial charge in [-0.15, -0.1) is 0 Å². The van der Waals surface area contributed by atoms with Crippen molar-refractivity contribution >= 4 is 17.6 Å². The minimum Gasteiger partial charge on any atom is -0.488 e. The van der Waals surface area contributed by atoms with Crippen molar-refractivity contribution in [3.8, 4) is 11.5 Å². The summed E-state index contributed by atoms with van der Waals surface area (Å²) in [4.78, 5) is 34.9. The molecule has 1 amide bonds. The number of rotatable bonds is 8. The molecule has 2 aromatic carbocycles. The molecule has 0 aromatic heterocycles. The number of nitrogens with zero attached hydrogens (tertiary/aromatic N) is 1. The summed E-state index contributed by atoms with van der Waals surface area (Å²) >= 11 is 0. The number of fused-ring (bicyclic) bond motifs is 1. The molecule has 0 radical (unpaired) electrons. The van der Waals surface area contributed by atoms with Gasteiger partial charge in [0.25, 0.3) is 11.6 Å². The summed E-state index contributed by atoms with van der Waals surface area (Å²) in [5.41, 5.74) is 0.329. The second kappa shape index (κ2) is 9.03. The van der Waals surface area contributed by atoms with Crippen molar-refractivity contribution in [1.29, 1.82) is 0 Å². The maximum Gasteiger partial charge on any atom is 0.338 e. The Balaban J connectivity index is 1.62. The lowest BCUT2D eigenvalue weighted by Gasteiger charge is -2.18. The first-order chi connectivity index (χ1) is 14.7. The number of nitro groups is 1. The van der Waals surface area contributed by atoms with Crippen molar-refractivity contribution in [2.75, 3.05) is 19.8 Å². The van der Waals surface area contributed by atoms with Gasteiger partial charge >= 0.3 is 5.97 Å². The molecular formula is C22H24N2O7. The molecule has 0 unspecified atom stereocenters. The van der Waals surface area contributed by atoms with Crippen molar-refractivity contribution in [1.82, 2.24) is 5.32 Å². The van der Waals surface area contributed by atoms with E-state index in [9.17, 15) is 19.7 Å². The normalized spacial score (nSPS) is 13.6. The molecule has 2 aromatic rings. The first-order valence-electron chi connectivity index (χ1n) is 9.88. The highest BCUT2D eigenvalue weighted by Gasteiger charge is 2.32. The zero-order valence-electron chi connectivity index (χ0n) is 17.6. The zero-order chi connectivity index (χ0) is 22.6. The molecule has 9 heteroatoms. The molecule has 164 valence electrons. The number of non-ortho nitro benzene ring substituents is 1. The lowest BCUT2D eigenvalue weighted by Crippen LogP contribution is -2.28. The van der Waals surface area contributed by atoms with E-state index in [0.717, 1.165) is 24.1 Å². The van der Waals surface area contributed by atoms with E-state index >= 15 is 0 Å². The molecule has 0 fully saturated rings. The van der Waals surface area contributed by atoms with Gasteiger partial charge < -0.3 is 19.5 Å². The number of esters is 1. The van der Waals surface area contributed by atoms with Gasteiger partial charge in [-0.2, -0.15) is 0 Å². The van der Waals surface area contributed by atoms with Crippen LogP contribution >= 0.6 is 0 Å². The van der Waals surface area contributed by atoms with Gasteiger partial charge in [0.05, 0.1) is 23.6 Å². The Hall–Kier alpha value is -3.62. The topological polar surface area (TPSA) is 117 Å². The molecule has 0 spiro atoms. The van der Waals surface area contributed by atoms with Crippen molar-refractivity contribution in [3.05, 3.63) is 63.2 Å². The van der Waals surface area contributed by atoms with Gasteiger partial charge in [-0.25, -0.2) is 4.79 Å². The lowest BCUT2D eigenvalue weighted by molar-refractivity contribution is -0.384. The number of hydrogen-bond donors (Lipinski definition) is 1. The molecule has 1 N–H and O–H groups in total. The molecule has 0 bridgehead atoms. The molecule has 1 aliphatic rings. The summed E-state index contributed by atoms with van der Waals surface area (Å²) in [5, 5.41) is 13.8. The van der Waals surface area contributed by atoms with Gasteiger partial charge in [0.15, 0.2) is 11.5 Å². The molecule has 1 heterocycles. The van der Waals surface area contributed by atoms with Crippen molar-refractivity contribution in [2.24, 2.45) is 0 Å². The average Bonchev–Trinajstić information content (AvgIpc) is 3.05. The van der Waals surface area contributed by atoms with Gasteiger partial charge in [0.1, 0.15) is 12.2 Å². The van der Waals surface area contributed by atoms with Crippen LogP contribution in [0.15, 0.2) is 36.4 Å². The maximum atomic E-state index is 12.5. The highest BCUT2D eigenvalue weighted by Crippen LogP contribution is 2.41. The van der Waals surface area contributed by atoms with E-state index < -0.39 is 16.8 Å². The standard InChI is InChI=1S/C22H24N2O7/c1-4-29-21(26)16-10-15(11-17(12-16)24(27)28)20(25)23-8-9-30-18-7-5-6-14-13-22(2,3)31-19(14)18/h5-7,10-12H,4,8-9,13H2,1-3H3,(H,23,25). The monoisotopic (exact) mass is 428 g/mol. The van der Waals surface area contributed by atoms with Gasteiger partial charge in [0, 0.05) is 29.7 Å². The third kappa shape index (κ3) is 5.30. The second-order valence-corrected chi connectivity index (χ2v) is 7.63. The summed E-state index contributed by atoms with van der Waals surface area (Å²) in [6, 6.07) is 9.13. The van der Waals surface area contributed by atoms with Crippen LogP contribution < -0.4 is 14.8 Å². The Morgan fingerprint density at radius 1 is 1.23 bits per heavy atom. The third-order valence-corrected chi connectivity index (χ3v) is 4.60. The zero-order valence-corrected chi connectivity index (χ0v) is 17.6. The molecule has 0 saturated carbocycles. The summed E-state index contributed by atoms with van der Waals surface area (Å²) in [5.74, 6) is 0.00632. The molecule has 0 atom stereocenters. The number of carbonyl (C=O) groups excluding carboxylic acids is 2. The van der Waals surface area contributed by atoms with E-state index in [-0.39, 0.29) is 42.2 Å². The summed E-state index contributed by atoms with van der Waals surface area (Å²) in [6.45, 7) is 6.07. The van der Waals surface area contributed by atoms with Crippen molar-refractivity contribution in [2.45, 2.75) is 32.8 Å².